The molecular formula is C6H6N2O2. The normalized spacial score (nSPS) is 15.7. The van der Waals surface area contributed by atoms with Crippen molar-refractivity contribution in [1.29, 1.82) is 5.41 Å². The van der Waals surface area contributed by atoms with Crippen LogP contribution in [0.3, 0.4) is 0 Å². The number of nitrogens with zero attached hydrogens (tertiary/aromatic N) is 1. The lowest BCUT2D eigenvalue weighted by atomic mass is 10.1. The Labute approximate surface area is 57.6 Å². The zero-order valence-corrected chi connectivity index (χ0v) is 5.11. The molecule has 2 N–H and O–H groups in total. The minimum atomic E-state index is 0.400. The number of hydrogen-bond acceptors (Lipinski definition) is 4. The number of allylic oxidation sites excluding steroid dienone is 4. The fraction of sp³-hybridized carbons (Fsp3) is 0. The van der Waals surface area contributed by atoms with E-state index in [1.165, 1.54) is 0 Å². The van der Waals surface area contributed by atoms with Crippen LogP contribution in [0.5, 0.6) is 0 Å². The average Bonchev–Trinajstić information content (AvgIpc) is 1.95. The maximum Gasteiger partial charge on any atom is 0.106 e. The topological polar surface area (TPSA) is 65.7 Å². The summed E-state index contributed by atoms with van der Waals surface area (Å²) in [5.74, 6) is 0. The van der Waals surface area contributed by atoms with E-state index in [-0.39, 0.29) is 0 Å². The first kappa shape index (κ1) is 6.70. The highest BCUT2D eigenvalue weighted by atomic mass is 17.2. The van der Waals surface area contributed by atoms with Crippen molar-refractivity contribution in [2.24, 2.45) is 5.16 Å². The van der Waals surface area contributed by atoms with Gasteiger partial charge in [-0.15, -0.1) is 0 Å². The Morgan fingerprint density at radius 3 is 2.40 bits per heavy atom. The summed E-state index contributed by atoms with van der Waals surface area (Å²) < 4.78 is 0. The van der Waals surface area contributed by atoms with E-state index >= 15 is 0 Å². The van der Waals surface area contributed by atoms with Gasteiger partial charge in [-0.3, -0.25) is 0 Å². The van der Waals surface area contributed by atoms with Gasteiger partial charge < -0.3 is 5.41 Å². The van der Waals surface area contributed by atoms with E-state index in [0.29, 0.717) is 11.4 Å². The molecule has 1 aliphatic rings. The van der Waals surface area contributed by atoms with E-state index < -0.39 is 0 Å². The van der Waals surface area contributed by atoms with Crippen LogP contribution in [0.1, 0.15) is 0 Å². The Balaban J connectivity index is 2.71. The van der Waals surface area contributed by atoms with E-state index in [4.69, 9.17) is 10.7 Å². The van der Waals surface area contributed by atoms with Crippen molar-refractivity contribution in [3.8, 4) is 0 Å². The summed E-state index contributed by atoms with van der Waals surface area (Å²) in [7, 11) is 0. The highest BCUT2D eigenvalue weighted by Crippen LogP contribution is 1.95. The number of oxime groups is 1. The molecule has 0 spiro atoms. The summed E-state index contributed by atoms with van der Waals surface area (Å²) in [6, 6.07) is 0. The van der Waals surface area contributed by atoms with Crippen molar-refractivity contribution in [3.63, 3.8) is 0 Å². The summed E-state index contributed by atoms with van der Waals surface area (Å²) in [5, 5.41) is 18.2. The number of rotatable bonds is 1. The molecular weight excluding hydrogens is 132 g/mol. The molecule has 0 bridgehead atoms. The first-order chi connectivity index (χ1) is 4.83. The van der Waals surface area contributed by atoms with E-state index in [9.17, 15) is 0 Å². The van der Waals surface area contributed by atoms with Crippen LogP contribution in [-0.4, -0.2) is 16.7 Å². The van der Waals surface area contributed by atoms with Gasteiger partial charge in [0, 0.05) is 0 Å². The summed E-state index contributed by atoms with van der Waals surface area (Å²) in [4.78, 5) is 3.53. The van der Waals surface area contributed by atoms with E-state index in [0.717, 1.165) is 0 Å². The van der Waals surface area contributed by atoms with Gasteiger partial charge in [-0.1, -0.05) is 0 Å². The second kappa shape index (κ2) is 2.93. The Hall–Kier alpha value is -1.42. The van der Waals surface area contributed by atoms with E-state index in [1.807, 2.05) is 0 Å². The molecule has 1 aliphatic carbocycles. The van der Waals surface area contributed by atoms with Crippen LogP contribution in [0, 0.1) is 5.41 Å². The van der Waals surface area contributed by atoms with Crippen LogP contribution in [0.15, 0.2) is 29.5 Å². The molecule has 4 nitrogen and oxygen atoms in total. The van der Waals surface area contributed by atoms with Crippen molar-refractivity contribution in [1.82, 2.24) is 0 Å². The van der Waals surface area contributed by atoms with Gasteiger partial charge >= 0.3 is 0 Å². The molecule has 0 aromatic rings. The summed E-state index contributed by atoms with van der Waals surface area (Å²) in [5.41, 5.74) is 0.885. The van der Waals surface area contributed by atoms with Gasteiger partial charge in [0.2, 0.25) is 0 Å². The predicted molar refractivity (Wildman–Crippen MR) is 37.2 cm³/mol. The molecule has 0 fully saturated rings. The van der Waals surface area contributed by atoms with Crippen molar-refractivity contribution >= 4 is 11.4 Å². The molecule has 0 radical (unpaired) electrons. The number of hydrogen-bond donors (Lipinski definition) is 2. The van der Waals surface area contributed by atoms with Gasteiger partial charge in [-0.2, -0.15) is 5.26 Å². The molecule has 0 aliphatic heterocycles. The van der Waals surface area contributed by atoms with Gasteiger partial charge in [0.15, 0.2) is 0 Å². The van der Waals surface area contributed by atoms with Gasteiger partial charge in [-0.05, 0) is 29.5 Å². The fourth-order valence-electron chi connectivity index (χ4n) is 0.569. The Kier molecular flexibility index (Phi) is 1.96. The van der Waals surface area contributed by atoms with Gasteiger partial charge in [0.1, 0.15) is 5.71 Å². The lowest BCUT2D eigenvalue weighted by molar-refractivity contribution is -0.242. The Bertz CT molecular complexity index is 210. The fourth-order valence-corrected chi connectivity index (χ4v) is 0.569. The maximum atomic E-state index is 7.88. The molecule has 0 aromatic heterocycles. The van der Waals surface area contributed by atoms with Gasteiger partial charge in [0.25, 0.3) is 0 Å². The monoisotopic (exact) mass is 138 g/mol. The first-order valence-corrected chi connectivity index (χ1v) is 2.66. The highest BCUT2D eigenvalue weighted by Gasteiger charge is 1.95. The zero-order valence-electron chi connectivity index (χ0n) is 5.11. The molecule has 0 heterocycles. The molecule has 4 heteroatoms. The van der Waals surface area contributed by atoms with Crippen LogP contribution < -0.4 is 0 Å². The van der Waals surface area contributed by atoms with Crippen LogP contribution in [0.2, 0.25) is 0 Å². The molecule has 0 saturated heterocycles. The average molecular weight is 138 g/mol. The summed E-state index contributed by atoms with van der Waals surface area (Å²) >= 11 is 0. The lowest BCUT2D eigenvalue weighted by Gasteiger charge is -1.95. The van der Waals surface area contributed by atoms with Crippen LogP contribution in [0.25, 0.3) is 0 Å². The molecule has 0 saturated carbocycles. The third-order valence-electron chi connectivity index (χ3n) is 1.01. The highest BCUT2D eigenvalue weighted by molar-refractivity contribution is 6.17. The van der Waals surface area contributed by atoms with Crippen LogP contribution >= 0.6 is 0 Å². The third-order valence-corrected chi connectivity index (χ3v) is 1.01. The quantitative estimate of drug-likeness (QED) is 0.322. The van der Waals surface area contributed by atoms with Crippen molar-refractivity contribution in [3.05, 3.63) is 24.3 Å². The standard InChI is InChI=1S/C6H6N2O2/c7-5-1-3-6(4-2-5)8-10-9/h1-4,7,9H. The summed E-state index contributed by atoms with van der Waals surface area (Å²) in [6.07, 6.45) is 6.24. The predicted octanol–water partition coefficient (Wildman–Crippen LogP) is 0.978. The largest absolute Gasteiger partial charge is 0.301 e. The molecule has 0 aromatic carbocycles. The first-order valence-electron chi connectivity index (χ1n) is 2.66. The summed E-state index contributed by atoms with van der Waals surface area (Å²) in [6.45, 7) is 0. The van der Waals surface area contributed by atoms with Crippen molar-refractivity contribution in [2.75, 3.05) is 0 Å². The molecule has 0 atom stereocenters. The third kappa shape index (κ3) is 1.53. The molecule has 52 valence electrons. The van der Waals surface area contributed by atoms with E-state index in [1.54, 1.807) is 24.3 Å². The smallest absolute Gasteiger partial charge is 0.106 e. The zero-order chi connectivity index (χ0) is 7.40. The van der Waals surface area contributed by atoms with Crippen LogP contribution in [-0.2, 0) is 4.99 Å². The van der Waals surface area contributed by atoms with E-state index in [2.05, 4.69) is 10.1 Å². The second-order valence-electron chi connectivity index (χ2n) is 1.72. The van der Waals surface area contributed by atoms with Crippen LogP contribution in [0.4, 0.5) is 0 Å². The maximum absolute atomic E-state index is 7.88. The SMILES string of the molecule is N=C1C=CC(=NOO)C=C1. The minimum absolute atomic E-state index is 0.400. The molecule has 1 rings (SSSR count). The Morgan fingerprint density at radius 2 is 1.90 bits per heavy atom. The van der Waals surface area contributed by atoms with Crippen molar-refractivity contribution < 1.29 is 10.2 Å². The lowest BCUT2D eigenvalue weighted by Crippen LogP contribution is -1.98. The molecule has 10 heavy (non-hydrogen) atoms. The molecule has 0 unspecified atom stereocenters. The molecule has 0 amide bonds. The van der Waals surface area contributed by atoms with Gasteiger partial charge in [0.05, 0.1) is 5.71 Å². The number of nitrogens with one attached hydrogen (secondary N) is 1. The second-order valence-corrected chi connectivity index (χ2v) is 1.72. The minimum Gasteiger partial charge on any atom is -0.301 e. The van der Waals surface area contributed by atoms with Gasteiger partial charge in [-0.25, -0.2) is 4.99 Å². The van der Waals surface area contributed by atoms with Crippen molar-refractivity contribution in [2.45, 2.75) is 0 Å². The Morgan fingerprint density at radius 1 is 1.30 bits per heavy atom.